The summed E-state index contributed by atoms with van der Waals surface area (Å²) in [6, 6.07) is 27.8. The van der Waals surface area contributed by atoms with E-state index >= 15 is 0 Å². The van der Waals surface area contributed by atoms with E-state index in [1.165, 1.54) is 0 Å². The average Bonchev–Trinajstić information content (AvgIpc) is 3.51. The lowest BCUT2D eigenvalue weighted by Gasteiger charge is -2.41. The number of carbonyl (C=O) groups is 1. The van der Waals surface area contributed by atoms with E-state index in [0.717, 1.165) is 38.5 Å². The summed E-state index contributed by atoms with van der Waals surface area (Å²) in [5.74, 6) is 0.582. The Labute approximate surface area is 266 Å². The summed E-state index contributed by atoms with van der Waals surface area (Å²) in [6.45, 7) is 2.54. The van der Waals surface area contributed by atoms with Crippen LogP contribution in [0.25, 0.3) is 11.1 Å². The molecule has 0 aliphatic carbocycles. The molecule has 4 atom stereocenters. The minimum atomic E-state index is -0.587. The number of thioether (sulfide) groups is 1. The highest BCUT2D eigenvalue weighted by atomic mass is 32.2. The van der Waals surface area contributed by atoms with Gasteiger partial charge in [-0.25, -0.2) is 0 Å². The number of aryl methyl sites for hydroxylation is 1. The predicted octanol–water partition coefficient (Wildman–Crippen LogP) is 5.88. The molecule has 0 bridgehead atoms. The van der Waals surface area contributed by atoms with Gasteiger partial charge in [-0.2, -0.15) is 0 Å². The van der Waals surface area contributed by atoms with Gasteiger partial charge in [-0.15, -0.1) is 10.2 Å². The van der Waals surface area contributed by atoms with Gasteiger partial charge < -0.3 is 24.5 Å². The van der Waals surface area contributed by atoms with Crippen LogP contribution in [0.3, 0.4) is 0 Å². The molecule has 45 heavy (non-hydrogen) atoms. The summed E-state index contributed by atoms with van der Waals surface area (Å²) in [7, 11) is 1.93. The number of benzene rings is 3. The van der Waals surface area contributed by atoms with E-state index in [2.05, 4.69) is 51.7 Å². The van der Waals surface area contributed by atoms with Crippen molar-refractivity contribution >= 4 is 17.7 Å². The maximum absolute atomic E-state index is 12.5. The Hall–Kier alpha value is -4.35. The summed E-state index contributed by atoms with van der Waals surface area (Å²) in [4.78, 5) is 16.6. The fraction of sp³-hybridized carbons (Fsp3) is 0.257. The number of hydrogen-bond acceptors (Lipinski definition) is 8. The van der Waals surface area contributed by atoms with E-state index in [1.807, 2.05) is 60.1 Å². The van der Waals surface area contributed by atoms with E-state index in [4.69, 9.17) is 9.47 Å². The molecular weight excluding hydrogens is 586 g/mol. The van der Waals surface area contributed by atoms with Crippen molar-refractivity contribution in [1.29, 1.82) is 0 Å². The van der Waals surface area contributed by atoms with Crippen molar-refractivity contribution in [2.45, 2.75) is 43.7 Å². The highest BCUT2D eigenvalue weighted by Crippen LogP contribution is 2.43. The quantitative estimate of drug-likeness (QED) is 0.186. The minimum Gasteiger partial charge on any atom is -0.392 e. The molecule has 9 nitrogen and oxygen atoms in total. The third-order valence-corrected chi connectivity index (χ3v) is 9.09. The monoisotopic (exact) mass is 621 g/mol. The summed E-state index contributed by atoms with van der Waals surface area (Å²) < 4.78 is 15.2. The molecule has 5 aromatic rings. The van der Waals surface area contributed by atoms with Gasteiger partial charge in [0.1, 0.15) is 6.33 Å². The maximum Gasteiger partial charge on any atom is 0.253 e. The van der Waals surface area contributed by atoms with Crippen LogP contribution in [-0.2, 0) is 29.7 Å². The molecule has 2 N–H and O–H groups in total. The second-order valence-corrected chi connectivity index (χ2v) is 12.1. The van der Waals surface area contributed by atoms with E-state index in [0.29, 0.717) is 17.9 Å². The zero-order chi connectivity index (χ0) is 31.2. The van der Waals surface area contributed by atoms with Gasteiger partial charge >= 0.3 is 0 Å². The third-order valence-electron chi connectivity index (χ3n) is 7.97. The van der Waals surface area contributed by atoms with Crippen LogP contribution in [-0.4, -0.2) is 42.6 Å². The number of nitrogens with one attached hydrogen (secondary N) is 1. The highest BCUT2D eigenvalue weighted by molar-refractivity contribution is 7.99. The van der Waals surface area contributed by atoms with Crippen LogP contribution >= 0.6 is 11.8 Å². The van der Waals surface area contributed by atoms with Crippen LogP contribution in [0.15, 0.2) is 109 Å². The number of ether oxygens (including phenoxy) is 2. The Balaban J connectivity index is 1.22. The number of pyridine rings is 1. The molecule has 1 saturated heterocycles. The lowest BCUT2D eigenvalue weighted by Crippen LogP contribution is -2.38. The number of aromatic nitrogens is 4. The lowest BCUT2D eigenvalue weighted by molar-refractivity contribution is -0.268. The largest absolute Gasteiger partial charge is 0.392 e. The normalized spacial score (nSPS) is 19.7. The van der Waals surface area contributed by atoms with Gasteiger partial charge in [-0.1, -0.05) is 79.3 Å². The predicted molar refractivity (Wildman–Crippen MR) is 172 cm³/mol. The van der Waals surface area contributed by atoms with Crippen molar-refractivity contribution in [3.8, 4) is 11.1 Å². The Morgan fingerprint density at radius 3 is 2.49 bits per heavy atom. The first-order valence-corrected chi connectivity index (χ1v) is 15.8. The number of nitrogens with zero attached hydrogens (tertiary/aromatic N) is 4. The number of hydrogen-bond donors (Lipinski definition) is 2. The van der Waals surface area contributed by atoms with Crippen molar-refractivity contribution in [2.24, 2.45) is 13.0 Å². The van der Waals surface area contributed by atoms with Crippen LogP contribution < -0.4 is 5.32 Å². The molecule has 0 saturated carbocycles. The molecule has 230 valence electrons. The van der Waals surface area contributed by atoms with Gasteiger partial charge in [0.25, 0.3) is 5.91 Å². The molecule has 1 amide bonds. The van der Waals surface area contributed by atoms with Crippen molar-refractivity contribution in [1.82, 2.24) is 25.1 Å². The summed E-state index contributed by atoms with van der Waals surface area (Å²) >= 11 is 1.61. The molecule has 4 unspecified atom stereocenters. The third kappa shape index (κ3) is 7.32. The Kier molecular flexibility index (Phi) is 9.66. The molecule has 1 aliphatic rings. The van der Waals surface area contributed by atoms with Gasteiger partial charge in [0, 0.05) is 43.2 Å². The molecule has 0 spiro atoms. The number of carbonyl (C=O) groups excluding carboxylic acids is 1. The topological polar surface area (TPSA) is 111 Å². The van der Waals surface area contributed by atoms with Crippen LogP contribution in [0, 0.1) is 5.92 Å². The van der Waals surface area contributed by atoms with Crippen LogP contribution in [0.5, 0.6) is 0 Å². The molecule has 3 heterocycles. The molecule has 3 aromatic carbocycles. The Morgan fingerprint density at radius 1 is 0.956 bits per heavy atom. The summed E-state index contributed by atoms with van der Waals surface area (Å²) in [6.07, 6.45) is 3.98. The molecule has 10 heteroatoms. The Morgan fingerprint density at radius 2 is 1.76 bits per heavy atom. The average molecular weight is 622 g/mol. The molecule has 0 radical (unpaired) electrons. The van der Waals surface area contributed by atoms with E-state index in [9.17, 15) is 9.90 Å². The molecule has 2 aromatic heterocycles. The van der Waals surface area contributed by atoms with Gasteiger partial charge in [-0.05, 0) is 52.1 Å². The van der Waals surface area contributed by atoms with E-state index in [-0.39, 0.29) is 30.6 Å². The second kappa shape index (κ2) is 14.2. The first kappa shape index (κ1) is 30.7. The Bertz CT molecular complexity index is 1730. The standard InChI is InChI=1S/C35H35N5O4S/c1-23-31(21-45-35-39-38-22-40(35)2)43-34(44-32(23)26-13-11-24(20-41)12-14-26)29-9-4-8-28(17-29)27-7-3-6-25(16-27)18-37-33(42)30-10-5-15-36-19-30/h3-17,19,22-23,31-32,34,41H,18,20-21H2,1-2H3,(H,37,42). The van der Waals surface area contributed by atoms with Crippen molar-refractivity contribution < 1.29 is 19.4 Å². The summed E-state index contributed by atoms with van der Waals surface area (Å²) in [5.41, 5.74) is 6.38. The van der Waals surface area contributed by atoms with E-state index in [1.54, 1.807) is 42.6 Å². The summed E-state index contributed by atoms with van der Waals surface area (Å²) in [5, 5.41) is 21.6. The van der Waals surface area contributed by atoms with Gasteiger partial charge in [0.2, 0.25) is 0 Å². The van der Waals surface area contributed by atoms with Crippen LogP contribution in [0.1, 0.15) is 51.9 Å². The van der Waals surface area contributed by atoms with E-state index < -0.39 is 6.29 Å². The smallest absolute Gasteiger partial charge is 0.253 e. The molecule has 1 fully saturated rings. The second-order valence-electron chi connectivity index (χ2n) is 11.1. The number of amides is 1. The van der Waals surface area contributed by atoms with Crippen molar-refractivity contribution in [2.75, 3.05) is 5.75 Å². The number of aliphatic hydroxyl groups is 1. The molecule has 1 aliphatic heterocycles. The van der Waals surface area contributed by atoms with Gasteiger partial charge in [0.15, 0.2) is 11.4 Å². The zero-order valence-corrected chi connectivity index (χ0v) is 25.9. The van der Waals surface area contributed by atoms with Gasteiger partial charge in [-0.3, -0.25) is 9.78 Å². The fourth-order valence-electron chi connectivity index (χ4n) is 5.38. The highest BCUT2D eigenvalue weighted by Gasteiger charge is 2.38. The SMILES string of the molecule is CC1C(CSc2nncn2C)OC(c2cccc(-c3cccc(CNC(=O)c4cccnc4)c3)c2)OC1c1ccc(CO)cc1. The maximum atomic E-state index is 12.5. The van der Waals surface area contributed by atoms with Crippen molar-refractivity contribution in [3.05, 3.63) is 131 Å². The fourth-order valence-corrected chi connectivity index (χ4v) is 6.43. The van der Waals surface area contributed by atoms with Gasteiger partial charge in [0.05, 0.1) is 24.4 Å². The van der Waals surface area contributed by atoms with Crippen molar-refractivity contribution in [3.63, 3.8) is 0 Å². The van der Waals surface area contributed by atoms with Crippen LogP contribution in [0.2, 0.25) is 0 Å². The first-order chi connectivity index (χ1) is 22.0. The lowest BCUT2D eigenvalue weighted by atomic mass is 9.91. The number of aliphatic hydroxyl groups excluding tert-OH is 1. The molecular formula is C35H35N5O4S. The minimum absolute atomic E-state index is 0.00503. The zero-order valence-electron chi connectivity index (χ0n) is 25.1. The number of rotatable bonds is 10. The van der Waals surface area contributed by atoms with Crippen LogP contribution in [0.4, 0.5) is 0 Å². The molecule has 6 rings (SSSR count). The first-order valence-electron chi connectivity index (χ1n) is 14.8.